The third-order valence-electron chi connectivity index (χ3n) is 5.75. The lowest BCUT2D eigenvalue weighted by atomic mass is 9.81. The number of thiophene rings is 1. The molecule has 1 aromatic heterocycles. The van der Waals surface area contributed by atoms with Crippen LogP contribution in [0.1, 0.15) is 17.3 Å². The number of aliphatic hydroxyl groups excluding tert-OH is 4. The Kier molecular flexibility index (Phi) is 6.89. The quantitative estimate of drug-likeness (QED) is 0.211. The predicted molar refractivity (Wildman–Crippen MR) is 111 cm³/mol. The van der Waals surface area contributed by atoms with E-state index in [0.29, 0.717) is 0 Å². The monoisotopic (exact) mass is 435 g/mol. The molecule has 3 rings (SSSR count). The van der Waals surface area contributed by atoms with Crippen molar-refractivity contribution in [2.45, 2.75) is 24.0 Å². The van der Waals surface area contributed by atoms with Crippen LogP contribution in [0.15, 0.2) is 53.1 Å². The summed E-state index contributed by atoms with van der Waals surface area (Å²) in [7, 11) is 1.60. The van der Waals surface area contributed by atoms with Gasteiger partial charge in [-0.05, 0) is 11.4 Å². The molecule has 9 heteroatoms. The SMILES string of the molecule is CN1C(=O)/C(=C(/O)C[C@H]([NH2+]C(CO)(CO)CO)c2cccs2)C(=O)[C@@H]2C=CC=C[C@@H]21. The Morgan fingerprint density at radius 2 is 1.87 bits per heavy atom. The molecule has 0 spiro atoms. The molecule has 1 fully saturated rings. The Morgan fingerprint density at radius 1 is 1.20 bits per heavy atom. The van der Waals surface area contributed by atoms with E-state index in [-0.39, 0.29) is 23.8 Å². The van der Waals surface area contributed by atoms with Crippen LogP contribution < -0.4 is 5.32 Å². The fraction of sp³-hybridized carbons (Fsp3) is 0.429. The molecule has 30 heavy (non-hydrogen) atoms. The Labute approximate surface area is 178 Å². The molecule has 0 unspecified atom stereocenters. The Morgan fingerprint density at radius 3 is 2.47 bits per heavy atom. The molecule has 8 nitrogen and oxygen atoms in total. The van der Waals surface area contributed by atoms with E-state index in [4.69, 9.17) is 0 Å². The number of Topliss-reactive ketones (excluding diaryl/α,β-unsaturated/α-hetero) is 1. The van der Waals surface area contributed by atoms with Crippen molar-refractivity contribution in [3.8, 4) is 0 Å². The first-order valence-corrected chi connectivity index (χ1v) is 10.6. The van der Waals surface area contributed by atoms with Gasteiger partial charge in [0.05, 0.1) is 23.3 Å². The molecule has 2 aliphatic rings. The van der Waals surface area contributed by atoms with Crippen molar-refractivity contribution in [1.29, 1.82) is 0 Å². The average Bonchev–Trinajstić information content (AvgIpc) is 3.30. The summed E-state index contributed by atoms with van der Waals surface area (Å²) >= 11 is 1.40. The van der Waals surface area contributed by atoms with Gasteiger partial charge in [-0.25, -0.2) is 0 Å². The summed E-state index contributed by atoms with van der Waals surface area (Å²) < 4.78 is 0. The first-order chi connectivity index (χ1) is 14.4. The average molecular weight is 436 g/mol. The minimum Gasteiger partial charge on any atom is -0.511 e. The third kappa shape index (κ3) is 4.12. The molecule has 0 bridgehead atoms. The second-order valence-electron chi connectivity index (χ2n) is 7.72. The fourth-order valence-electron chi connectivity index (χ4n) is 3.85. The Balaban J connectivity index is 1.94. The lowest BCUT2D eigenvalue weighted by molar-refractivity contribution is -0.767. The third-order valence-corrected chi connectivity index (χ3v) is 6.75. The molecular weight excluding hydrogens is 408 g/mol. The molecule has 1 saturated heterocycles. The molecule has 0 saturated carbocycles. The Hall–Kier alpha value is -2.30. The van der Waals surface area contributed by atoms with Gasteiger partial charge in [0.15, 0.2) is 11.3 Å². The highest BCUT2D eigenvalue weighted by Gasteiger charge is 2.44. The number of aliphatic hydroxyl groups is 4. The first-order valence-electron chi connectivity index (χ1n) is 9.68. The maximum Gasteiger partial charge on any atom is 0.261 e. The lowest BCUT2D eigenvalue weighted by Gasteiger charge is -2.37. The van der Waals surface area contributed by atoms with E-state index < -0.39 is 49.0 Å². The highest BCUT2D eigenvalue weighted by molar-refractivity contribution is 7.10. The molecule has 1 amide bonds. The van der Waals surface area contributed by atoms with Crippen LogP contribution >= 0.6 is 11.3 Å². The van der Waals surface area contributed by atoms with Gasteiger partial charge in [0.2, 0.25) is 0 Å². The topological polar surface area (TPSA) is 135 Å². The number of fused-ring (bicyclic) bond motifs is 1. The van der Waals surface area contributed by atoms with E-state index in [9.17, 15) is 30.0 Å². The van der Waals surface area contributed by atoms with Crippen molar-refractivity contribution in [3.05, 3.63) is 58.0 Å². The second-order valence-corrected chi connectivity index (χ2v) is 8.70. The molecular formula is C21H27N2O6S+. The molecule has 0 radical (unpaired) electrons. The van der Waals surface area contributed by atoms with Gasteiger partial charge in [-0.3, -0.25) is 9.59 Å². The van der Waals surface area contributed by atoms with Gasteiger partial charge in [-0.1, -0.05) is 30.4 Å². The number of carbonyl (C=O) groups is 2. The van der Waals surface area contributed by atoms with Gasteiger partial charge >= 0.3 is 0 Å². The summed E-state index contributed by atoms with van der Waals surface area (Å²) in [5.74, 6) is -1.86. The normalized spacial score (nSPS) is 24.2. The van der Waals surface area contributed by atoms with Crippen molar-refractivity contribution < 1.29 is 35.3 Å². The summed E-state index contributed by atoms with van der Waals surface area (Å²) in [6.45, 7) is -1.46. The van der Waals surface area contributed by atoms with E-state index in [1.165, 1.54) is 16.2 Å². The smallest absolute Gasteiger partial charge is 0.261 e. The number of piperidine rings is 1. The van der Waals surface area contributed by atoms with Crippen molar-refractivity contribution in [2.75, 3.05) is 26.9 Å². The van der Waals surface area contributed by atoms with Gasteiger partial charge in [-0.15, -0.1) is 11.3 Å². The minimum absolute atomic E-state index is 0.0696. The number of nitrogens with zero attached hydrogens (tertiary/aromatic N) is 1. The Bertz CT molecular complexity index is 864. The van der Waals surface area contributed by atoms with Gasteiger partial charge in [0, 0.05) is 7.05 Å². The predicted octanol–water partition coefficient (Wildman–Crippen LogP) is -0.578. The molecule has 2 heterocycles. The van der Waals surface area contributed by atoms with E-state index in [1.807, 2.05) is 17.5 Å². The highest BCUT2D eigenvalue weighted by atomic mass is 32.1. The van der Waals surface area contributed by atoms with E-state index in [2.05, 4.69) is 0 Å². The van der Waals surface area contributed by atoms with Crippen LogP contribution in [0.3, 0.4) is 0 Å². The number of carbonyl (C=O) groups excluding carboxylic acids is 2. The van der Waals surface area contributed by atoms with Crippen molar-refractivity contribution in [3.63, 3.8) is 0 Å². The van der Waals surface area contributed by atoms with Crippen LogP contribution in [0.5, 0.6) is 0 Å². The van der Waals surface area contributed by atoms with Gasteiger partial charge in [-0.2, -0.15) is 0 Å². The van der Waals surface area contributed by atoms with Crippen molar-refractivity contribution >= 4 is 23.0 Å². The number of likely N-dealkylation sites (tertiary alicyclic amines) is 1. The molecule has 1 aromatic rings. The molecule has 1 aliphatic carbocycles. The maximum absolute atomic E-state index is 13.0. The summed E-state index contributed by atoms with van der Waals surface area (Å²) in [6, 6.07) is 2.74. The fourth-order valence-corrected chi connectivity index (χ4v) is 4.64. The standard InChI is InChI=1S/C21H26N2O6S/c1-23-15-6-3-2-5-13(15)19(28)18(20(23)29)16(27)9-14(17-7-4-8-30-17)22-21(10-24,11-25)12-26/h2-8,13-15,22,24-27H,9-12H2,1H3/p+1/b18-16+/t13-,14+,15+/m1/s1. The molecule has 162 valence electrons. The highest BCUT2D eigenvalue weighted by Crippen LogP contribution is 2.32. The maximum atomic E-state index is 13.0. The number of hydrogen-bond acceptors (Lipinski definition) is 7. The van der Waals surface area contributed by atoms with E-state index >= 15 is 0 Å². The van der Waals surface area contributed by atoms with E-state index in [0.717, 1.165) is 4.88 Å². The van der Waals surface area contributed by atoms with Gasteiger partial charge in [0.25, 0.3) is 5.91 Å². The second kappa shape index (κ2) is 9.23. The number of ketones is 1. The van der Waals surface area contributed by atoms with Crippen molar-refractivity contribution in [1.82, 2.24) is 4.90 Å². The van der Waals surface area contributed by atoms with Crippen LogP contribution in [0.2, 0.25) is 0 Å². The number of likely N-dealkylation sites (N-methyl/N-ethyl adjacent to an activating group) is 1. The summed E-state index contributed by atoms with van der Waals surface area (Å²) in [5.41, 5.74) is -1.50. The first kappa shape index (κ1) is 22.4. The summed E-state index contributed by atoms with van der Waals surface area (Å²) in [4.78, 5) is 28.1. The minimum atomic E-state index is -1.26. The van der Waals surface area contributed by atoms with Crippen molar-refractivity contribution in [2.24, 2.45) is 5.92 Å². The molecule has 0 aromatic carbocycles. The number of rotatable bonds is 8. The van der Waals surface area contributed by atoms with Crippen LogP contribution in [-0.4, -0.2) is 75.5 Å². The van der Waals surface area contributed by atoms with E-state index in [1.54, 1.807) is 36.7 Å². The van der Waals surface area contributed by atoms with Gasteiger partial charge < -0.3 is 30.6 Å². The zero-order valence-corrected chi connectivity index (χ0v) is 17.5. The zero-order valence-electron chi connectivity index (χ0n) is 16.6. The number of quaternary nitrogens is 1. The number of hydrogen-bond donors (Lipinski definition) is 5. The van der Waals surface area contributed by atoms with Crippen LogP contribution in [0, 0.1) is 5.92 Å². The lowest BCUT2D eigenvalue weighted by Crippen LogP contribution is -3.00. The van der Waals surface area contributed by atoms with Crippen LogP contribution in [0.25, 0.3) is 0 Å². The number of amides is 1. The number of nitrogens with two attached hydrogens (primary N) is 1. The summed E-state index contributed by atoms with van der Waals surface area (Å²) in [6.07, 6.45) is 6.97. The number of allylic oxidation sites excluding steroid dienone is 2. The molecule has 3 atom stereocenters. The largest absolute Gasteiger partial charge is 0.511 e. The van der Waals surface area contributed by atoms with Crippen LogP contribution in [0.4, 0.5) is 0 Å². The molecule has 6 N–H and O–H groups in total. The van der Waals surface area contributed by atoms with Gasteiger partial charge in [0.1, 0.15) is 37.2 Å². The summed E-state index contributed by atoms with van der Waals surface area (Å²) in [5, 5.41) is 43.4. The zero-order chi connectivity index (χ0) is 21.9. The molecule has 1 aliphatic heterocycles. The van der Waals surface area contributed by atoms with Crippen LogP contribution in [-0.2, 0) is 9.59 Å².